The monoisotopic (exact) mass is 206 g/mol. The van der Waals surface area contributed by atoms with Crippen LogP contribution in [0, 0.1) is 6.92 Å². The molecular formula is C8H10N6O. The van der Waals surface area contributed by atoms with Crippen LogP contribution in [0.3, 0.4) is 0 Å². The van der Waals surface area contributed by atoms with Gasteiger partial charge in [0, 0.05) is 13.1 Å². The topological polar surface area (TPSA) is 91.7 Å². The minimum Gasteiger partial charge on any atom is -0.404 e. The Morgan fingerprint density at radius 3 is 2.80 bits per heavy atom. The van der Waals surface area contributed by atoms with Crippen LogP contribution in [0.4, 0.5) is 5.82 Å². The lowest BCUT2D eigenvalue weighted by Gasteiger charge is -2.01. The number of aryl methyl sites for hydroxylation is 2. The summed E-state index contributed by atoms with van der Waals surface area (Å²) in [6.07, 6.45) is 1.53. The molecule has 0 aliphatic rings. The third-order valence-electron chi connectivity index (χ3n) is 1.61. The second kappa shape index (κ2) is 3.52. The van der Waals surface area contributed by atoms with Gasteiger partial charge in [-0.1, -0.05) is 0 Å². The molecule has 2 N–H and O–H groups in total. The molecule has 0 bridgehead atoms. The lowest BCUT2D eigenvalue weighted by Crippen LogP contribution is -1.98. The third kappa shape index (κ3) is 2.19. The molecule has 2 aromatic heterocycles. The van der Waals surface area contributed by atoms with Crippen molar-refractivity contribution in [1.29, 1.82) is 0 Å². The lowest BCUT2D eigenvalue weighted by molar-refractivity contribution is 0.420. The highest BCUT2D eigenvalue weighted by Crippen LogP contribution is 2.16. The average molecular weight is 206 g/mol. The zero-order valence-corrected chi connectivity index (χ0v) is 8.38. The number of aromatic nitrogens is 5. The number of hydrogen-bond donors (Lipinski definition) is 1. The summed E-state index contributed by atoms with van der Waals surface area (Å²) < 4.78 is 6.82. The maximum Gasteiger partial charge on any atom is 0.342 e. The second-order valence-corrected chi connectivity index (χ2v) is 2.98. The van der Waals surface area contributed by atoms with Gasteiger partial charge in [0.1, 0.15) is 18.0 Å². The quantitative estimate of drug-likeness (QED) is 0.759. The number of nitrogen functional groups attached to an aromatic ring is 1. The SMILES string of the molecule is Cc1nc(N)cc(Oc2ncn(C)n2)n1. The molecule has 7 heteroatoms. The zero-order chi connectivity index (χ0) is 10.8. The Kier molecular flexibility index (Phi) is 2.20. The van der Waals surface area contributed by atoms with Crippen LogP contribution in [0.5, 0.6) is 11.9 Å². The van der Waals surface area contributed by atoms with Gasteiger partial charge >= 0.3 is 6.01 Å². The fourth-order valence-corrected chi connectivity index (χ4v) is 1.07. The molecule has 0 fully saturated rings. The summed E-state index contributed by atoms with van der Waals surface area (Å²) in [6, 6.07) is 1.75. The molecule has 2 aromatic rings. The number of hydrogen-bond acceptors (Lipinski definition) is 6. The van der Waals surface area contributed by atoms with Crippen molar-refractivity contribution in [3.63, 3.8) is 0 Å². The van der Waals surface area contributed by atoms with Crippen molar-refractivity contribution < 1.29 is 4.74 Å². The molecule has 78 valence electrons. The highest BCUT2D eigenvalue weighted by Gasteiger charge is 2.05. The van der Waals surface area contributed by atoms with Gasteiger partial charge in [0.05, 0.1) is 0 Å². The molecule has 0 atom stereocenters. The molecule has 0 aromatic carbocycles. The Morgan fingerprint density at radius 1 is 1.40 bits per heavy atom. The van der Waals surface area contributed by atoms with Gasteiger partial charge in [-0.05, 0) is 6.92 Å². The summed E-state index contributed by atoms with van der Waals surface area (Å²) >= 11 is 0. The molecule has 15 heavy (non-hydrogen) atoms. The van der Waals surface area contributed by atoms with E-state index in [2.05, 4.69) is 20.1 Å². The normalized spacial score (nSPS) is 10.3. The number of rotatable bonds is 2. The number of nitrogens with zero attached hydrogens (tertiary/aromatic N) is 5. The van der Waals surface area contributed by atoms with Crippen molar-refractivity contribution in [2.45, 2.75) is 6.92 Å². The van der Waals surface area contributed by atoms with Gasteiger partial charge in [-0.3, -0.25) is 4.68 Å². The first-order valence-electron chi connectivity index (χ1n) is 4.28. The molecule has 0 saturated carbocycles. The number of ether oxygens (including phenoxy) is 1. The second-order valence-electron chi connectivity index (χ2n) is 2.98. The van der Waals surface area contributed by atoms with Crippen molar-refractivity contribution in [2.75, 3.05) is 5.73 Å². The zero-order valence-electron chi connectivity index (χ0n) is 8.38. The predicted octanol–water partition coefficient (Wildman–Crippen LogP) is 0.288. The van der Waals surface area contributed by atoms with Crippen LogP contribution in [0.1, 0.15) is 5.82 Å². The minimum absolute atomic E-state index is 0.231. The summed E-state index contributed by atoms with van der Waals surface area (Å²) in [5.41, 5.74) is 5.54. The van der Waals surface area contributed by atoms with E-state index >= 15 is 0 Å². The van der Waals surface area contributed by atoms with E-state index in [0.29, 0.717) is 17.5 Å². The largest absolute Gasteiger partial charge is 0.404 e. The van der Waals surface area contributed by atoms with Crippen LogP contribution in [0.2, 0.25) is 0 Å². The minimum atomic E-state index is 0.231. The van der Waals surface area contributed by atoms with Crippen molar-refractivity contribution in [3.8, 4) is 11.9 Å². The van der Waals surface area contributed by atoms with Gasteiger partial charge in [-0.2, -0.15) is 9.97 Å². The molecule has 0 radical (unpaired) electrons. The first-order chi connectivity index (χ1) is 7.13. The molecule has 7 nitrogen and oxygen atoms in total. The summed E-state index contributed by atoms with van der Waals surface area (Å²) in [6.45, 7) is 1.73. The fraction of sp³-hybridized carbons (Fsp3) is 0.250. The van der Waals surface area contributed by atoms with Crippen LogP contribution in [-0.4, -0.2) is 24.7 Å². The van der Waals surface area contributed by atoms with Gasteiger partial charge in [-0.25, -0.2) is 4.98 Å². The molecule has 0 aliphatic heterocycles. The Labute approximate surface area is 85.9 Å². The van der Waals surface area contributed by atoms with E-state index in [1.807, 2.05) is 0 Å². The molecule has 0 spiro atoms. The van der Waals surface area contributed by atoms with E-state index in [1.165, 1.54) is 17.1 Å². The smallest absolute Gasteiger partial charge is 0.342 e. The first-order valence-corrected chi connectivity index (χ1v) is 4.28. The Balaban J connectivity index is 2.24. The molecule has 2 rings (SSSR count). The van der Waals surface area contributed by atoms with Gasteiger partial charge < -0.3 is 10.5 Å². The number of nitrogens with two attached hydrogens (primary N) is 1. The highest BCUT2D eigenvalue weighted by molar-refractivity contribution is 5.33. The van der Waals surface area contributed by atoms with Crippen molar-refractivity contribution in [1.82, 2.24) is 24.7 Å². The van der Waals surface area contributed by atoms with E-state index in [9.17, 15) is 0 Å². The van der Waals surface area contributed by atoms with E-state index < -0.39 is 0 Å². The van der Waals surface area contributed by atoms with Crippen molar-refractivity contribution >= 4 is 5.82 Å². The van der Waals surface area contributed by atoms with E-state index in [-0.39, 0.29) is 6.01 Å². The van der Waals surface area contributed by atoms with Gasteiger partial charge in [0.25, 0.3) is 0 Å². The Hall–Kier alpha value is -2.18. The van der Waals surface area contributed by atoms with Gasteiger partial charge in [-0.15, -0.1) is 5.10 Å². The molecule has 0 amide bonds. The molecule has 0 aliphatic carbocycles. The van der Waals surface area contributed by atoms with Crippen LogP contribution in [-0.2, 0) is 7.05 Å². The van der Waals surface area contributed by atoms with E-state index in [0.717, 1.165) is 0 Å². The summed E-state index contributed by atoms with van der Waals surface area (Å²) in [5.74, 6) is 1.24. The fourth-order valence-electron chi connectivity index (χ4n) is 1.07. The number of anilines is 1. The van der Waals surface area contributed by atoms with Crippen LogP contribution >= 0.6 is 0 Å². The van der Waals surface area contributed by atoms with E-state index in [4.69, 9.17) is 10.5 Å². The standard InChI is InChI=1S/C8H10N6O/c1-5-11-6(9)3-7(12-5)15-8-10-4-14(2)13-8/h3-4H,1-2H3,(H2,9,11,12). The van der Waals surface area contributed by atoms with Gasteiger partial charge in [0.15, 0.2) is 0 Å². The summed E-state index contributed by atoms with van der Waals surface area (Å²) in [4.78, 5) is 11.9. The molecule has 0 saturated heterocycles. The van der Waals surface area contributed by atoms with E-state index in [1.54, 1.807) is 14.0 Å². The van der Waals surface area contributed by atoms with Crippen molar-refractivity contribution in [2.24, 2.45) is 7.05 Å². The first kappa shape index (κ1) is 9.38. The third-order valence-corrected chi connectivity index (χ3v) is 1.61. The Morgan fingerprint density at radius 2 is 2.20 bits per heavy atom. The highest BCUT2D eigenvalue weighted by atomic mass is 16.5. The summed E-state index contributed by atoms with van der Waals surface area (Å²) in [5, 5.41) is 3.95. The Bertz CT molecular complexity index is 459. The lowest BCUT2D eigenvalue weighted by atomic mass is 10.5. The average Bonchev–Trinajstić information content (AvgIpc) is 2.49. The van der Waals surface area contributed by atoms with Crippen LogP contribution < -0.4 is 10.5 Å². The summed E-state index contributed by atoms with van der Waals surface area (Å²) in [7, 11) is 1.75. The van der Waals surface area contributed by atoms with Crippen LogP contribution in [0.15, 0.2) is 12.4 Å². The maximum absolute atomic E-state index is 5.54. The molecule has 2 heterocycles. The van der Waals surface area contributed by atoms with Crippen LogP contribution in [0.25, 0.3) is 0 Å². The molecule has 0 unspecified atom stereocenters. The van der Waals surface area contributed by atoms with Crippen molar-refractivity contribution in [3.05, 3.63) is 18.2 Å². The van der Waals surface area contributed by atoms with Gasteiger partial charge in [0.2, 0.25) is 5.88 Å². The molecular weight excluding hydrogens is 196 g/mol. The maximum atomic E-state index is 5.54. The predicted molar refractivity (Wildman–Crippen MR) is 52.3 cm³/mol.